The lowest BCUT2D eigenvalue weighted by Gasteiger charge is -2.21. The predicted octanol–water partition coefficient (Wildman–Crippen LogP) is 5.39. The molecule has 0 aromatic heterocycles. The van der Waals surface area contributed by atoms with Crippen molar-refractivity contribution >= 4 is 27.5 Å². The van der Waals surface area contributed by atoms with Crippen LogP contribution in [0.3, 0.4) is 0 Å². The number of hydrogen-bond acceptors (Lipinski definition) is 1. The molecule has 0 aliphatic carbocycles. The first kappa shape index (κ1) is 16.4. The van der Waals surface area contributed by atoms with Gasteiger partial charge in [0.2, 0.25) is 0 Å². The SMILES string of the molecule is CCNC(c1cc(Cl)c(Br)cc1F)c1cccc(C)c1F. The maximum atomic E-state index is 14.4. The van der Waals surface area contributed by atoms with Gasteiger partial charge in [0.25, 0.3) is 0 Å². The third-order valence-electron chi connectivity index (χ3n) is 3.29. The topological polar surface area (TPSA) is 12.0 Å². The van der Waals surface area contributed by atoms with E-state index in [-0.39, 0.29) is 5.82 Å². The molecule has 1 atom stereocenters. The van der Waals surface area contributed by atoms with Gasteiger partial charge in [0.05, 0.1) is 11.1 Å². The molecule has 5 heteroatoms. The van der Waals surface area contributed by atoms with Crippen LogP contribution in [0, 0.1) is 18.6 Å². The van der Waals surface area contributed by atoms with E-state index in [4.69, 9.17) is 11.6 Å². The van der Waals surface area contributed by atoms with Crippen LogP contribution in [0.15, 0.2) is 34.8 Å². The molecular weight excluding hydrogens is 360 g/mol. The van der Waals surface area contributed by atoms with E-state index in [1.54, 1.807) is 25.1 Å². The first-order chi connectivity index (χ1) is 9.95. The molecule has 0 fully saturated rings. The molecule has 0 heterocycles. The van der Waals surface area contributed by atoms with Gasteiger partial charge in [0.1, 0.15) is 11.6 Å². The second-order valence-corrected chi connectivity index (χ2v) is 6.02. The molecule has 0 aliphatic heterocycles. The van der Waals surface area contributed by atoms with Crippen LogP contribution in [-0.4, -0.2) is 6.54 Å². The van der Waals surface area contributed by atoms with Crippen LogP contribution in [0.25, 0.3) is 0 Å². The van der Waals surface area contributed by atoms with E-state index >= 15 is 0 Å². The van der Waals surface area contributed by atoms with Gasteiger partial charge >= 0.3 is 0 Å². The minimum Gasteiger partial charge on any atom is -0.306 e. The Morgan fingerprint density at radius 3 is 2.62 bits per heavy atom. The first-order valence-electron chi connectivity index (χ1n) is 6.58. The van der Waals surface area contributed by atoms with Gasteiger partial charge in [-0.3, -0.25) is 0 Å². The lowest BCUT2D eigenvalue weighted by molar-refractivity contribution is 0.527. The van der Waals surface area contributed by atoms with Crippen LogP contribution in [0.5, 0.6) is 0 Å². The maximum Gasteiger partial charge on any atom is 0.131 e. The van der Waals surface area contributed by atoms with Crippen molar-refractivity contribution in [2.75, 3.05) is 6.54 Å². The molecule has 112 valence electrons. The normalized spacial score (nSPS) is 12.5. The second-order valence-electron chi connectivity index (χ2n) is 4.76. The molecule has 0 spiro atoms. The highest BCUT2D eigenvalue weighted by atomic mass is 79.9. The zero-order valence-electron chi connectivity index (χ0n) is 11.7. The summed E-state index contributed by atoms with van der Waals surface area (Å²) in [6.45, 7) is 4.15. The Morgan fingerprint density at radius 2 is 1.95 bits per heavy atom. The first-order valence-corrected chi connectivity index (χ1v) is 7.75. The Hall–Kier alpha value is -0.970. The Morgan fingerprint density at radius 1 is 1.24 bits per heavy atom. The molecule has 2 aromatic carbocycles. The van der Waals surface area contributed by atoms with Crippen molar-refractivity contribution in [1.29, 1.82) is 0 Å². The Balaban J connectivity index is 2.59. The van der Waals surface area contributed by atoms with Gasteiger partial charge in [-0.25, -0.2) is 8.78 Å². The van der Waals surface area contributed by atoms with Crippen molar-refractivity contribution in [3.8, 4) is 0 Å². The number of rotatable bonds is 4. The highest BCUT2D eigenvalue weighted by molar-refractivity contribution is 9.10. The van der Waals surface area contributed by atoms with Crippen molar-refractivity contribution in [2.24, 2.45) is 0 Å². The van der Waals surface area contributed by atoms with Crippen LogP contribution in [0.1, 0.15) is 29.7 Å². The predicted molar refractivity (Wildman–Crippen MR) is 85.8 cm³/mol. The van der Waals surface area contributed by atoms with E-state index < -0.39 is 11.9 Å². The van der Waals surface area contributed by atoms with E-state index in [1.807, 2.05) is 6.92 Å². The second kappa shape index (κ2) is 6.86. The maximum absolute atomic E-state index is 14.4. The van der Waals surface area contributed by atoms with Gasteiger partial charge in [-0.2, -0.15) is 0 Å². The van der Waals surface area contributed by atoms with Crippen molar-refractivity contribution in [3.63, 3.8) is 0 Å². The Labute approximate surface area is 136 Å². The summed E-state index contributed by atoms with van der Waals surface area (Å²) >= 11 is 9.24. The summed E-state index contributed by atoms with van der Waals surface area (Å²) in [4.78, 5) is 0. The smallest absolute Gasteiger partial charge is 0.131 e. The zero-order chi connectivity index (χ0) is 15.6. The molecule has 21 heavy (non-hydrogen) atoms. The molecule has 0 saturated carbocycles. The standard InChI is InChI=1S/C16H15BrClF2N/c1-3-21-16(10-6-4-5-9(2)15(10)20)11-7-13(18)12(17)8-14(11)19/h4-8,16,21H,3H2,1-2H3. The molecule has 1 N–H and O–H groups in total. The third-order valence-corrected chi connectivity index (χ3v) is 4.49. The Kier molecular flexibility index (Phi) is 5.36. The van der Waals surface area contributed by atoms with E-state index in [0.717, 1.165) is 0 Å². The van der Waals surface area contributed by atoms with Gasteiger partial charge in [-0.1, -0.05) is 36.7 Å². The summed E-state index contributed by atoms with van der Waals surface area (Å²) < 4.78 is 29.1. The van der Waals surface area contributed by atoms with E-state index in [2.05, 4.69) is 21.2 Å². The average molecular weight is 375 g/mol. The van der Waals surface area contributed by atoms with Crippen LogP contribution >= 0.6 is 27.5 Å². The summed E-state index contributed by atoms with van der Waals surface area (Å²) in [6, 6.07) is 7.35. The minimum absolute atomic E-state index is 0.328. The van der Waals surface area contributed by atoms with Gasteiger partial charge in [0, 0.05) is 15.6 Å². The molecule has 0 aliphatic rings. The summed E-state index contributed by atoms with van der Waals surface area (Å²) in [7, 11) is 0. The number of aryl methyl sites for hydroxylation is 1. The number of benzene rings is 2. The highest BCUT2D eigenvalue weighted by Crippen LogP contribution is 2.33. The molecule has 2 rings (SSSR count). The summed E-state index contributed by atoms with van der Waals surface area (Å²) in [5.41, 5.74) is 1.27. The Bertz CT molecular complexity index is 661. The lowest BCUT2D eigenvalue weighted by Crippen LogP contribution is -2.24. The lowest BCUT2D eigenvalue weighted by atomic mass is 9.96. The molecule has 2 aromatic rings. The van der Waals surface area contributed by atoms with E-state index in [1.165, 1.54) is 12.1 Å². The van der Waals surface area contributed by atoms with E-state index in [0.29, 0.717) is 32.7 Å². The third kappa shape index (κ3) is 3.44. The monoisotopic (exact) mass is 373 g/mol. The molecular formula is C16H15BrClF2N. The van der Waals surface area contributed by atoms with Crippen molar-refractivity contribution in [2.45, 2.75) is 19.9 Å². The van der Waals surface area contributed by atoms with Gasteiger partial charge in [-0.15, -0.1) is 0 Å². The molecule has 0 amide bonds. The minimum atomic E-state index is -0.583. The number of nitrogens with one attached hydrogen (secondary N) is 1. The number of halogens is 4. The fourth-order valence-corrected chi connectivity index (χ4v) is 2.73. The quantitative estimate of drug-likeness (QED) is 0.708. The van der Waals surface area contributed by atoms with Gasteiger partial charge in [-0.05, 0) is 47.1 Å². The zero-order valence-corrected chi connectivity index (χ0v) is 14.0. The van der Waals surface area contributed by atoms with E-state index in [9.17, 15) is 8.78 Å². The molecule has 0 bridgehead atoms. The summed E-state index contributed by atoms with van der Waals surface area (Å²) in [5, 5.41) is 3.51. The average Bonchev–Trinajstić information content (AvgIpc) is 2.44. The van der Waals surface area contributed by atoms with Crippen molar-refractivity contribution in [3.05, 3.63) is 68.2 Å². The van der Waals surface area contributed by atoms with Crippen LogP contribution < -0.4 is 5.32 Å². The summed E-state index contributed by atoms with van der Waals surface area (Å²) in [5.74, 6) is -0.764. The van der Waals surface area contributed by atoms with Crippen LogP contribution in [0.2, 0.25) is 5.02 Å². The fourth-order valence-electron chi connectivity index (χ4n) is 2.24. The molecule has 1 unspecified atom stereocenters. The van der Waals surface area contributed by atoms with Crippen molar-refractivity contribution in [1.82, 2.24) is 5.32 Å². The number of hydrogen-bond donors (Lipinski definition) is 1. The largest absolute Gasteiger partial charge is 0.306 e. The fraction of sp³-hybridized carbons (Fsp3) is 0.250. The van der Waals surface area contributed by atoms with Crippen LogP contribution in [-0.2, 0) is 0 Å². The van der Waals surface area contributed by atoms with Gasteiger partial charge < -0.3 is 5.32 Å². The van der Waals surface area contributed by atoms with Crippen molar-refractivity contribution < 1.29 is 8.78 Å². The van der Waals surface area contributed by atoms with Gasteiger partial charge in [0.15, 0.2) is 0 Å². The molecule has 0 radical (unpaired) electrons. The molecule has 0 saturated heterocycles. The highest BCUT2D eigenvalue weighted by Gasteiger charge is 2.22. The summed E-state index contributed by atoms with van der Waals surface area (Å²) in [6.07, 6.45) is 0. The molecule has 1 nitrogen and oxygen atoms in total. The van der Waals surface area contributed by atoms with Crippen LogP contribution in [0.4, 0.5) is 8.78 Å².